The minimum atomic E-state index is -3.69. The van der Waals surface area contributed by atoms with Gasteiger partial charge in [-0.05, 0) is 38.3 Å². The van der Waals surface area contributed by atoms with Gasteiger partial charge < -0.3 is 9.84 Å². The molecule has 1 rings (SSSR count). The van der Waals surface area contributed by atoms with Crippen molar-refractivity contribution in [3.05, 3.63) is 29.8 Å². The van der Waals surface area contributed by atoms with Crippen LogP contribution in [0.3, 0.4) is 0 Å². The van der Waals surface area contributed by atoms with E-state index in [-0.39, 0.29) is 24.7 Å². The summed E-state index contributed by atoms with van der Waals surface area (Å²) in [4.78, 5) is 0.158. The molecule has 114 valence electrons. The molecule has 0 bridgehead atoms. The average Bonchev–Trinajstić information content (AvgIpc) is 2.42. The smallest absolute Gasteiger partial charge is 0.297 e. The van der Waals surface area contributed by atoms with Crippen LogP contribution in [0.25, 0.3) is 0 Å². The summed E-state index contributed by atoms with van der Waals surface area (Å²) in [5.74, 6) is 0. The van der Waals surface area contributed by atoms with E-state index in [1.165, 1.54) is 12.1 Å². The highest BCUT2D eigenvalue weighted by Crippen LogP contribution is 2.12. The van der Waals surface area contributed by atoms with Crippen LogP contribution in [0, 0.1) is 6.92 Å². The van der Waals surface area contributed by atoms with Gasteiger partial charge in [-0.2, -0.15) is 8.42 Å². The summed E-state index contributed by atoms with van der Waals surface area (Å²) in [6.45, 7) is 2.88. The molecule has 0 saturated carbocycles. The Labute approximate surface area is 120 Å². The lowest BCUT2D eigenvalue weighted by atomic mass is 10.2. The van der Waals surface area contributed by atoms with E-state index >= 15 is 0 Å². The highest BCUT2D eigenvalue weighted by molar-refractivity contribution is 7.86. The molecule has 0 fully saturated rings. The quantitative estimate of drug-likeness (QED) is 0.528. The first kappa shape index (κ1) is 17.1. The zero-order valence-corrected chi connectivity index (χ0v) is 12.6. The fraction of sp³-hybridized carbons (Fsp3) is 0.571. The van der Waals surface area contributed by atoms with Crippen LogP contribution in [0.4, 0.5) is 0 Å². The molecular weight excluding hydrogens is 280 g/mol. The minimum absolute atomic E-state index is 0.0101. The maximum atomic E-state index is 11.8. The van der Waals surface area contributed by atoms with Crippen LogP contribution < -0.4 is 0 Å². The minimum Gasteiger partial charge on any atom is -0.396 e. The van der Waals surface area contributed by atoms with Gasteiger partial charge in [-0.1, -0.05) is 17.7 Å². The highest BCUT2D eigenvalue weighted by atomic mass is 32.2. The molecule has 0 aliphatic heterocycles. The molecule has 0 saturated heterocycles. The molecule has 0 spiro atoms. The first-order valence-corrected chi connectivity index (χ1v) is 8.12. The SMILES string of the molecule is Cc1ccc(S(=O)(=O)OCCOCCCCCO)cc1. The molecule has 5 nitrogen and oxygen atoms in total. The molecule has 20 heavy (non-hydrogen) atoms. The Morgan fingerprint density at radius 3 is 2.35 bits per heavy atom. The van der Waals surface area contributed by atoms with Crippen molar-refractivity contribution in [2.24, 2.45) is 0 Å². The molecule has 1 N–H and O–H groups in total. The lowest BCUT2D eigenvalue weighted by Gasteiger charge is -2.07. The third-order valence-corrected chi connectivity index (χ3v) is 4.05. The van der Waals surface area contributed by atoms with Crippen LogP contribution >= 0.6 is 0 Å². The topological polar surface area (TPSA) is 72.8 Å². The van der Waals surface area contributed by atoms with E-state index in [9.17, 15) is 8.42 Å². The van der Waals surface area contributed by atoms with Crippen molar-refractivity contribution in [1.82, 2.24) is 0 Å². The molecule has 0 radical (unpaired) electrons. The second-order valence-electron chi connectivity index (χ2n) is 4.49. The molecule has 0 heterocycles. The average molecular weight is 302 g/mol. The number of aliphatic hydroxyl groups excluding tert-OH is 1. The molecule has 0 aliphatic rings. The van der Waals surface area contributed by atoms with E-state index in [1.54, 1.807) is 12.1 Å². The zero-order chi connectivity index (χ0) is 14.8. The van der Waals surface area contributed by atoms with Crippen molar-refractivity contribution in [3.8, 4) is 0 Å². The number of rotatable bonds is 10. The van der Waals surface area contributed by atoms with Gasteiger partial charge in [-0.3, -0.25) is 4.18 Å². The predicted molar refractivity (Wildman–Crippen MR) is 76.1 cm³/mol. The number of benzene rings is 1. The third-order valence-electron chi connectivity index (χ3n) is 2.72. The van der Waals surface area contributed by atoms with Gasteiger partial charge in [0.1, 0.15) is 0 Å². The second-order valence-corrected chi connectivity index (χ2v) is 6.10. The Bertz CT molecular complexity index is 467. The molecule has 0 aromatic heterocycles. The summed E-state index contributed by atoms with van der Waals surface area (Å²) < 4.78 is 33.8. The molecule has 0 amide bonds. The number of unbranched alkanes of at least 4 members (excludes halogenated alkanes) is 2. The fourth-order valence-electron chi connectivity index (χ4n) is 1.57. The van der Waals surface area contributed by atoms with Gasteiger partial charge in [0, 0.05) is 13.2 Å². The molecular formula is C14H22O5S. The van der Waals surface area contributed by atoms with Crippen molar-refractivity contribution >= 4 is 10.1 Å². The van der Waals surface area contributed by atoms with Crippen LogP contribution in [-0.4, -0.2) is 40.0 Å². The summed E-state index contributed by atoms with van der Waals surface area (Å²) >= 11 is 0. The largest absolute Gasteiger partial charge is 0.396 e. The van der Waals surface area contributed by atoms with Crippen molar-refractivity contribution in [2.75, 3.05) is 26.4 Å². The summed E-state index contributed by atoms with van der Waals surface area (Å²) in [5, 5.41) is 8.59. The molecule has 1 aromatic rings. The first-order valence-electron chi connectivity index (χ1n) is 6.71. The van der Waals surface area contributed by atoms with E-state index in [0.717, 1.165) is 24.8 Å². The Kier molecular flexibility index (Phi) is 7.76. The van der Waals surface area contributed by atoms with Gasteiger partial charge in [-0.15, -0.1) is 0 Å². The van der Waals surface area contributed by atoms with Crippen LogP contribution in [0.5, 0.6) is 0 Å². The van der Waals surface area contributed by atoms with Gasteiger partial charge in [0.2, 0.25) is 0 Å². The standard InChI is InChI=1S/C14H22O5S/c1-13-5-7-14(8-6-13)20(16,17)19-12-11-18-10-4-2-3-9-15/h5-8,15H,2-4,9-12H2,1H3. The summed E-state index contributed by atoms with van der Waals surface area (Å²) in [6, 6.07) is 6.52. The van der Waals surface area contributed by atoms with Crippen molar-refractivity contribution in [2.45, 2.75) is 31.1 Å². The van der Waals surface area contributed by atoms with E-state index in [4.69, 9.17) is 14.0 Å². The third kappa shape index (κ3) is 6.47. The Morgan fingerprint density at radius 2 is 1.70 bits per heavy atom. The lowest BCUT2D eigenvalue weighted by molar-refractivity contribution is 0.0981. The van der Waals surface area contributed by atoms with E-state index in [1.807, 2.05) is 6.92 Å². The fourth-order valence-corrected chi connectivity index (χ4v) is 2.46. The van der Waals surface area contributed by atoms with Gasteiger partial charge in [0.05, 0.1) is 18.1 Å². The molecule has 1 aromatic carbocycles. The molecule has 6 heteroatoms. The Balaban J connectivity index is 2.22. The molecule has 0 aliphatic carbocycles. The van der Waals surface area contributed by atoms with Crippen molar-refractivity contribution < 1.29 is 22.4 Å². The molecule has 0 unspecified atom stereocenters. The monoisotopic (exact) mass is 302 g/mol. The van der Waals surface area contributed by atoms with E-state index in [2.05, 4.69) is 0 Å². The van der Waals surface area contributed by atoms with Crippen LogP contribution in [-0.2, 0) is 19.0 Å². The Morgan fingerprint density at radius 1 is 1.00 bits per heavy atom. The summed E-state index contributed by atoms with van der Waals surface area (Å²) in [5.41, 5.74) is 0.996. The van der Waals surface area contributed by atoms with E-state index < -0.39 is 10.1 Å². The predicted octanol–water partition coefficient (Wildman–Crippen LogP) is 1.88. The van der Waals surface area contributed by atoms with E-state index in [0.29, 0.717) is 6.61 Å². The second kappa shape index (κ2) is 9.07. The maximum absolute atomic E-state index is 11.8. The van der Waals surface area contributed by atoms with Crippen molar-refractivity contribution in [1.29, 1.82) is 0 Å². The summed E-state index contributed by atoms with van der Waals surface area (Å²) in [6.07, 6.45) is 2.52. The number of hydrogen-bond donors (Lipinski definition) is 1. The van der Waals surface area contributed by atoms with Gasteiger partial charge in [-0.25, -0.2) is 0 Å². The van der Waals surface area contributed by atoms with Gasteiger partial charge >= 0.3 is 0 Å². The Hall–Kier alpha value is -0.950. The highest BCUT2D eigenvalue weighted by Gasteiger charge is 2.14. The number of hydrogen-bond acceptors (Lipinski definition) is 5. The zero-order valence-electron chi connectivity index (χ0n) is 11.7. The molecule has 0 atom stereocenters. The lowest BCUT2D eigenvalue weighted by Crippen LogP contribution is -2.12. The number of aryl methyl sites for hydroxylation is 1. The summed E-state index contributed by atoms with van der Waals surface area (Å²) in [7, 11) is -3.69. The first-order chi connectivity index (χ1) is 9.56. The normalized spacial score (nSPS) is 11.7. The number of aliphatic hydroxyl groups is 1. The van der Waals surface area contributed by atoms with Crippen LogP contribution in [0.1, 0.15) is 24.8 Å². The number of ether oxygens (including phenoxy) is 1. The van der Waals surface area contributed by atoms with Gasteiger partial charge in [0.15, 0.2) is 0 Å². The van der Waals surface area contributed by atoms with Crippen LogP contribution in [0.2, 0.25) is 0 Å². The van der Waals surface area contributed by atoms with Crippen LogP contribution in [0.15, 0.2) is 29.2 Å². The van der Waals surface area contributed by atoms with Crippen molar-refractivity contribution in [3.63, 3.8) is 0 Å². The van der Waals surface area contributed by atoms with Gasteiger partial charge in [0.25, 0.3) is 10.1 Å². The maximum Gasteiger partial charge on any atom is 0.297 e.